The average Bonchev–Trinajstić information content (AvgIpc) is 3.40. The fraction of sp³-hybridized carbons (Fsp3) is 0.556. The summed E-state index contributed by atoms with van der Waals surface area (Å²) in [6.45, 7) is 11.6. The predicted molar refractivity (Wildman–Crippen MR) is 149 cm³/mol. The molecular weight excluding hydrogens is 500 g/mol. The lowest BCUT2D eigenvalue weighted by molar-refractivity contribution is -0.128. The minimum Gasteiger partial charge on any atom is -0.387 e. The maximum absolute atomic E-state index is 12.4. The number of nitrogens with two attached hydrogens (primary N) is 1. The van der Waals surface area contributed by atoms with Gasteiger partial charge in [0.15, 0.2) is 17.2 Å². The van der Waals surface area contributed by atoms with E-state index in [4.69, 9.17) is 10.5 Å². The van der Waals surface area contributed by atoms with Crippen LogP contribution in [0.2, 0.25) is 0 Å². The number of urea groups is 1. The van der Waals surface area contributed by atoms with E-state index in [0.29, 0.717) is 30.8 Å². The Bertz CT molecular complexity index is 1290. The fourth-order valence-electron chi connectivity index (χ4n) is 4.96. The summed E-state index contributed by atoms with van der Waals surface area (Å²) in [5, 5.41) is 27.5. The van der Waals surface area contributed by atoms with Crippen LogP contribution in [0.25, 0.3) is 11.2 Å². The lowest BCUT2D eigenvalue weighted by Gasteiger charge is -2.30. The minimum absolute atomic E-state index is 0.0515. The van der Waals surface area contributed by atoms with Crippen molar-refractivity contribution in [1.82, 2.24) is 29.7 Å². The lowest BCUT2D eigenvalue weighted by atomic mass is 9.87. The second-order valence-electron chi connectivity index (χ2n) is 11.7. The largest absolute Gasteiger partial charge is 0.387 e. The van der Waals surface area contributed by atoms with Crippen LogP contribution in [0.15, 0.2) is 36.9 Å². The van der Waals surface area contributed by atoms with Crippen molar-refractivity contribution in [2.24, 2.45) is 5.92 Å². The first-order chi connectivity index (χ1) is 18.3. The maximum atomic E-state index is 12.4. The number of hydrogen-bond donors (Lipinski definition) is 5. The van der Waals surface area contributed by atoms with Gasteiger partial charge < -0.3 is 36.2 Å². The lowest BCUT2D eigenvalue weighted by Crippen LogP contribution is -2.43. The van der Waals surface area contributed by atoms with Crippen LogP contribution in [-0.2, 0) is 15.9 Å². The molecule has 0 spiro atoms. The van der Waals surface area contributed by atoms with E-state index < -0.39 is 24.0 Å². The van der Waals surface area contributed by atoms with Crippen LogP contribution in [0.3, 0.4) is 0 Å². The van der Waals surface area contributed by atoms with E-state index >= 15 is 0 Å². The number of likely N-dealkylation sites (N-methyl/N-ethyl adjacent to an activating group) is 1. The van der Waals surface area contributed by atoms with Gasteiger partial charge in [-0.05, 0) is 43.0 Å². The number of hydrogen-bond acceptors (Lipinski definition) is 9. The molecule has 3 aromatic rings. The molecule has 1 aliphatic heterocycles. The Morgan fingerprint density at radius 1 is 1.23 bits per heavy atom. The van der Waals surface area contributed by atoms with Crippen LogP contribution < -0.4 is 16.4 Å². The van der Waals surface area contributed by atoms with Crippen molar-refractivity contribution in [3.8, 4) is 0 Å². The number of carbonyl (C=O) groups is 1. The van der Waals surface area contributed by atoms with E-state index in [9.17, 15) is 15.0 Å². The van der Waals surface area contributed by atoms with Gasteiger partial charge in [-0.3, -0.25) is 4.57 Å². The van der Waals surface area contributed by atoms with Gasteiger partial charge in [0, 0.05) is 25.3 Å². The second kappa shape index (κ2) is 11.0. The van der Waals surface area contributed by atoms with E-state index in [1.165, 1.54) is 18.2 Å². The number of anilines is 2. The smallest absolute Gasteiger partial charge is 0.319 e. The Kier molecular flexibility index (Phi) is 8.12. The summed E-state index contributed by atoms with van der Waals surface area (Å²) in [5.74, 6) is 0.345. The molecule has 0 radical (unpaired) electrons. The van der Waals surface area contributed by atoms with E-state index in [0.717, 1.165) is 5.69 Å². The Morgan fingerprint density at radius 3 is 2.59 bits per heavy atom. The number of nitrogens with zero attached hydrogens (tertiary/aromatic N) is 5. The van der Waals surface area contributed by atoms with Gasteiger partial charge in [0.25, 0.3) is 0 Å². The molecule has 1 saturated heterocycles. The molecule has 0 bridgehead atoms. The number of rotatable bonds is 8. The Labute approximate surface area is 228 Å². The summed E-state index contributed by atoms with van der Waals surface area (Å²) in [5.41, 5.74) is 7.40. The average molecular weight is 541 g/mol. The predicted octanol–water partition coefficient (Wildman–Crippen LogP) is 1.89. The number of nitrogen functional groups attached to an aromatic ring is 1. The molecule has 2 amide bonds. The van der Waals surface area contributed by atoms with E-state index in [2.05, 4.69) is 46.4 Å². The van der Waals surface area contributed by atoms with Gasteiger partial charge in [-0.25, -0.2) is 19.7 Å². The summed E-state index contributed by atoms with van der Waals surface area (Å²) in [7, 11) is 1.91. The first-order valence-electron chi connectivity index (χ1n) is 13.1. The number of imidazole rings is 1. The van der Waals surface area contributed by atoms with Crippen LogP contribution >= 0.6 is 0 Å². The molecule has 6 N–H and O–H groups in total. The molecule has 39 heavy (non-hydrogen) atoms. The Hall–Kier alpha value is -3.32. The molecule has 212 valence electrons. The van der Waals surface area contributed by atoms with Crippen LogP contribution in [-0.4, -0.2) is 85.7 Å². The van der Waals surface area contributed by atoms with Crippen molar-refractivity contribution in [3.63, 3.8) is 0 Å². The molecule has 4 rings (SSSR count). The number of carbonyl (C=O) groups excluding carboxylic acids is 1. The fourth-order valence-corrected chi connectivity index (χ4v) is 4.96. The number of aliphatic hydroxyl groups is 2. The van der Waals surface area contributed by atoms with Gasteiger partial charge in [-0.2, -0.15) is 0 Å². The van der Waals surface area contributed by atoms with E-state index in [1.54, 1.807) is 11.5 Å². The molecule has 1 fully saturated rings. The highest BCUT2D eigenvalue weighted by Gasteiger charge is 2.53. The van der Waals surface area contributed by atoms with Crippen molar-refractivity contribution >= 4 is 28.7 Å². The van der Waals surface area contributed by atoms with Gasteiger partial charge in [0.1, 0.15) is 30.2 Å². The topological polar surface area (TPSA) is 164 Å². The van der Waals surface area contributed by atoms with Crippen LogP contribution in [0.1, 0.15) is 40.2 Å². The molecule has 3 heterocycles. The molecule has 5 atom stereocenters. The molecule has 5 unspecified atom stereocenters. The van der Waals surface area contributed by atoms with Crippen molar-refractivity contribution in [2.75, 3.05) is 37.7 Å². The van der Waals surface area contributed by atoms with Crippen LogP contribution in [0.4, 0.5) is 16.3 Å². The second-order valence-corrected chi connectivity index (χ2v) is 11.7. The standard InChI is InChI=1S/C27H40N8O4/c1-16(11-29-25(38)33-18-9-7-17(8-10-18)26(2,3)4)12-34(6)13-19-21(36)22(37)27(5,39-19)35-15-32-20-23(28)30-14-31-24(20)35/h7-10,14-16,19,21-22,36-37H,11-13H2,1-6H3,(H2,28,30,31)(H2,29,33,38). The normalized spacial score (nSPS) is 24.3. The molecule has 0 aliphatic carbocycles. The third kappa shape index (κ3) is 6.14. The number of ether oxygens (including phenoxy) is 1. The summed E-state index contributed by atoms with van der Waals surface area (Å²) >= 11 is 0. The maximum Gasteiger partial charge on any atom is 0.319 e. The molecular formula is C27H40N8O4. The molecule has 2 aromatic heterocycles. The summed E-state index contributed by atoms with van der Waals surface area (Å²) in [6.07, 6.45) is -0.204. The number of fused-ring (bicyclic) bond motifs is 1. The highest BCUT2D eigenvalue weighted by atomic mass is 16.6. The molecule has 12 heteroatoms. The van der Waals surface area contributed by atoms with Crippen molar-refractivity contribution < 1.29 is 19.7 Å². The molecule has 0 saturated carbocycles. The molecule has 12 nitrogen and oxygen atoms in total. The monoisotopic (exact) mass is 540 g/mol. The summed E-state index contributed by atoms with van der Waals surface area (Å²) in [4.78, 5) is 26.8. The number of amides is 2. The SMILES string of the molecule is CC(CNC(=O)Nc1ccc(C(C)(C)C)cc1)CN(C)CC1OC(C)(n2cnc3c(N)ncnc32)C(O)C1O. The quantitative estimate of drug-likeness (QED) is 0.287. The highest BCUT2D eigenvalue weighted by Crippen LogP contribution is 2.37. The van der Waals surface area contributed by atoms with Crippen LogP contribution in [0.5, 0.6) is 0 Å². The molecule has 1 aromatic carbocycles. The third-order valence-corrected chi connectivity index (χ3v) is 7.22. The zero-order valence-corrected chi connectivity index (χ0v) is 23.4. The van der Waals surface area contributed by atoms with Gasteiger partial charge in [-0.1, -0.05) is 39.8 Å². The van der Waals surface area contributed by atoms with Gasteiger partial charge in [0.2, 0.25) is 0 Å². The zero-order valence-electron chi connectivity index (χ0n) is 23.4. The Morgan fingerprint density at radius 2 is 1.92 bits per heavy atom. The van der Waals surface area contributed by atoms with Crippen molar-refractivity contribution in [1.29, 1.82) is 0 Å². The number of aromatic nitrogens is 4. The van der Waals surface area contributed by atoms with Crippen molar-refractivity contribution in [3.05, 3.63) is 42.5 Å². The number of aliphatic hydroxyl groups excluding tert-OH is 2. The first kappa shape index (κ1) is 28.7. The highest BCUT2D eigenvalue weighted by molar-refractivity contribution is 5.89. The Balaban J connectivity index is 1.28. The summed E-state index contributed by atoms with van der Waals surface area (Å²) < 4.78 is 7.79. The van der Waals surface area contributed by atoms with Gasteiger partial charge in [-0.15, -0.1) is 0 Å². The third-order valence-electron chi connectivity index (χ3n) is 7.22. The molecule has 1 aliphatic rings. The van der Waals surface area contributed by atoms with Crippen molar-refractivity contribution in [2.45, 2.75) is 64.1 Å². The summed E-state index contributed by atoms with van der Waals surface area (Å²) in [6, 6.07) is 7.58. The van der Waals surface area contributed by atoms with Gasteiger partial charge >= 0.3 is 6.03 Å². The van der Waals surface area contributed by atoms with Crippen LogP contribution in [0, 0.1) is 5.92 Å². The number of benzene rings is 1. The first-order valence-corrected chi connectivity index (χ1v) is 13.1. The minimum atomic E-state index is -1.29. The van der Waals surface area contributed by atoms with E-state index in [-0.39, 0.29) is 23.2 Å². The number of nitrogens with one attached hydrogen (secondary N) is 2. The van der Waals surface area contributed by atoms with E-state index in [1.807, 2.05) is 43.1 Å². The van der Waals surface area contributed by atoms with Gasteiger partial charge in [0.05, 0.1) is 6.33 Å². The zero-order chi connectivity index (χ0) is 28.5.